The molecule has 0 radical (unpaired) electrons. The second-order valence-electron chi connectivity index (χ2n) is 4.50. The van der Waals surface area contributed by atoms with Crippen molar-refractivity contribution < 1.29 is 9.52 Å². The Hall–Kier alpha value is -2.07. The molecule has 0 saturated heterocycles. The van der Waals surface area contributed by atoms with Crippen LogP contribution >= 0.6 is 15.9 Å². The number of halogens is 1. The summed E-state index contributed by atoms with van der Waals surface area (Å²) in [5, 5.41) is 11.1. The van der Waals surface area contributed by atoms with Gasteiger partial charge in [-0.15, -0.1) is 6.58 Å². The Kier molecular flexibility index (Phi) is 3.10. The summed E-state index contributed by atoms with van der Waals surface area (Å²) in [7, 11) is 0. The van der Waals surface area contributed by atoms with E-state index in [1.807, 2.05) is 0 Å². The number of para-hydroxylation sites is 1. The van der Waals surface area contributed by atoms with Gasteiger partial charge in [0.05, 0.1) is 10.8 Å². The van der Waals surface area contributed by atoms with Crippen molar-refractivity contribution >= 4 is 37.9 Å². The molecule has 0 aliphatic heterocycles. The lowest BCUT2D eigenvalue weighted by molar-refractivity contribution is 0.465. The first-order chi connectivity index (χ1) is 9.63. The second-order valence-corrected chi connectivity index (χ2v) is 5.29. The molecule has 0 spiro atoms. The van der Waals surface area contributed by atoms with E-state index in [1.165, 1.54) is 0 Å². The molecule has 0 aliphatic rings. The van der Waals surface area contributed by atoms with E-state index in [4.69, 9.17) is 4.42 Å². The molecule has 100 valence electrons. The van der Waals surface area contributed by atoms with Gasteiger partial charge in [-0.2, -0.15) is 0 Å². The maximum Gasteiger partial charge on any atom is 0.200 e. The number of aromatic hydroxyl groups is 1. The summed E-state index contributed by atoms with van der Waals surface area (Å²) >= 11 is 3.30. The van der Waals surface area contributed by atoms with Gasteiger partial charge < -0.3 is 9.52 Å². The van der Waals surface area contributed by atoms with E-state index in [-0.39, 0.29) is 11.2 Å². The normalized spacial score (nSPS) is 11.1. The van der Waals surface area contributed by atoms with Crippen molar-refractivity contribution in [1.82, 2.24) is 0 Å². The van der Waals surface area contributed by atoms with Gasteiger partial charge in [-0.25, -0.2) is 0 Å². The lowest BCUT2D eigenvalue weighted by Crippen LogP contribution is -2.03. The maximum absolute atomic E-state index is 12.5. The Labute approximate surface area is 123 Å². The number of allylic oxidation sites excluding steroid dienone is 1. The Morgan fingerprint density at radius 1 is 1.30 bits per heavy atom. The van der Waals surface area contributed by atoms with Crippen molar-refractivity contribution in [2.75, 3.05) is 0 Å². The van der Waals surface area contributed by atoms with E-state index in [9.17, 15) is 9.90 Å². The van der Waals surface area contributed by atoms with Crippen LogP contribution in [-0.4, -0.2) is 5.11 Å². The smallest absolute Gasteiger partial charge is 0.200 e. The van der Waals surface area contributed by atoms with E-state index in [2.05, 4.69) is 22.5 Å². The van der Waals surface area contributed by atoms with Crippen molar-refractivity contribution in [2.24, 2.45) is 0 Å². The molecular weight excluding hydrogens is 320 g/mol. The first-order valence-electron chi connectivity index (χ1n) is 6.10. The Balaban J connectivity index is 2.52. The highest BCUT2D eigenvalue weighted by Crippen LogP contribution is 2.36. The van der Waals surface area contributed by atoms with Crippen molar-refractivity contribution in [2.45, 2.75) is 6.42 Å². The highest BCUT2D eigenvalue weighted by atomic mass is 79.9. The Bertz CT molecular complexity index is 893. The molecule has 0 saturated carbocycles. The molecule has 20 heavy (non-hydrogen) atoms. The zero-order valence-electron chi connectivity index (χ0n) is 10.5. The van der Waals surface area contributed by atoms with Gasteiger partial charge in [0, 0.05) is 0 Å². The number of phenols is 1. The van der Waals surface area contributed by atoms with Crippen molar-refractivity contribution in [3.05, 3.63) is 63.2 Å². The van der Waals surface area contributed by atoms with Crippen LogP contribution in [-0.2, 0) is 6.42 Å². The molecule has 0 fully saturated rings. The van der Waals surface area contributed by atoms with E-state index in [1.54, 1.807) is 36.4 Å². The van der Waals surface area contributed by atoms with E-state index in [0.717, 1.165) is 0 Å². The molecule has 3 nitrogen and oxygen atoms in total. The van der Waals surface area contributed by atoms with Crippen LogP contribution in [0.4, 0.5) is 0 Å². The van der Waals surface area contributed by atoms with Crippen LogP contribution in [0.3, 0.4) is 0 Å². The summed E-state index contributed by atoms with van der Waals surface area (Å²) in [6, 6.07) is 8.73. The Morgan fingerprint density at radius 2 is 2.05 bits per heavy atom. The summed E-state index contributed by atoms with van der Waals surface area (Å²) in [5.41, 5.74) is 1.40. The highest BCUT2D eigenvalue weighted by molar-refractivity contribution is 9.10. The summed E-state index contributed by atoms with van der Waals surface area (Å²) in [6.45, 7) is 3.65. The predicted octanol–water partition coefficient (Wildman–Crippen LogP) is 4.14. The van der Waals surface area contributed by atoms with Crippen LogP contribution in [0.25, 0.3) is 21.9 Å². The van der Waals surface area contributed by atoms with Gasteiger partial charge in [0.2, 0.25) is 5.43 Å². The monoisotopic (exact) mass is 330 g/mol. The van der Waals surface area contributed by atoms with Crippen LogP contribution in [0.5, 0.6) is 5.75 Å². The lowest BCUT2D eigenvalue weighted by atomic mass is 10.1. The third-order valence-corrected chi connectivity index (χ3v) is 3.96. The number of fused-ring (bicyclic) bond motifs is 2. The second kappa shape index (κ2) is 4.80. The summed E-state index contributed by atoms with van der Waals surface area (Å²) in [4.78, 5) is 12.5. The van der Waals surface area contributed by atoms with Gasteiger partial charge in [0.25, 0.3) is 0 Å². The van der Waals surface area contributed by atoms with Gasteiger partial charge in [-0.1, -0.05) is 18.2 Å². The lowest BCUT2D eigenvalue weighted by Gasteiger charge is -2.08. The van der Waals surface area contributed by atoms with Crippen LogP contribution < -0.4 is 5.43 Å². The fraction of sp³-hybridized carbons (Fsp3) is 0.0625. The topological polar surface area (TPSA) is 50.4 Å². The molecule has 2 aromatic carbocycles. The molecule has 4 heteroatoms. The summed E-state index contributed by atoms with van der Waals surface area (Å²) in [6.07, 6.45) is 2.16. The van der Waals surface area contributed by atoms with Gasteiger partial charge in [0.15, 0.2) is 5.58 Å². The molecule has 0 unspecified atom stereocenters. The molecule has 1 N–H and O–H groups in total. The van der Waals surface area contributed by atoms with Gasteiger partial charge in [-0.05, 0) is 46.1 Å². The Morgan fingerprint density at radius 3 is 2.80 bits per heavy atom. The minimum atomic E-state index is -0.104. The average molecular weight is 331 g/mol. The fourth-order valence-corrected chi connectivity index (χ4v) is 2.80. The quantitative estimate of drug-likeness (QED) is 0.567. The predicted molar refractivity (Wildman–Crippen MR) is 83.3 cm³/mol. The van der Waals surface area contributed by atoms with Crippen LogP contribution in [0, 0.1) is 0 Å². The molecule has 3 rings (SSSR count). The number of benzene rings is 2. The molecule has 0 amide bonds. The van der Waals surface area contributed by atoms with Crippen molar-refractivity contribution in [3.8, 4) is 5.75 Å². The third kappa shape index (κ3) is 1.84. The minimum absolute atomic E-state index is 0.0795. The van der Waals surface area contributed by atoms with E-state index in [0.29, 0.717) is 38.4 Å². The van der Waals surface area contributed by atoms with Crippen LogP contribution in [0.2, 0.25) is 0 Å². The molecule has 0 aliphatic carbocycles. The van der Waals surface area contributed by atoms with E-state index >= 15 is 0 Å². The van der Waals surface area contributed by atoms with Gasteiger partial charge in [0.1, 0.15) is 15.8 Å². The summed E-state index contributed by atoms with van der Waals surface area (Å²) in [5.74, 6) is 0.0795. The van der Waals surface area contributed by atoms with Crippen molar-refractivity contribution in [1.29, 1.82) is 0 Å². The maximum atomic E-state index is 12.5. The largest absolute Gasteiger partial charge is 0.506 e. The molecular formula is C16H11BrO3. The van der Waals surface area contributed by atoms with Crippen LogP contribution in [0.1, 0.15) is 5.56 Å². The van der Waals surface area contributed by atoms with Crippen LogP contribution in [0.15, 0.2) is 56.7 Å². The first kappa shape index (κ1) is 12.9. The summed E-state index contributed by atoms with van der Waals surface area (Å²) < 4.78 is 6.14. The standard InChI is InChI=1S/C16H11BrO3/c1-2-5-9-8-11-15(19)10-6-3-4-7-12(10)20-16(11)13(17)14(9)18/h2-4,6-8,18H,1,5H2. The average Bonchev–Trinajstić information content (AvgIpc) is 2.46. The molecule has 0 bridgehead atoms. The SMILES string of the molecule is C=CCc1cc2c(=O)c3ccccc3oc2c(Br)c1O. The molecule has 0 atom stereocenters. The van der Waals surface area contributed by atoms with Gasteiger partial charge >= 0.3 is 0 Å². The van der Waals surface area contributed by atoms with Crippen molar-refractivity contribution in [3.63, 3.8) is 0 Å². The molecule has 1 aromatic heterocycles. The first-order valence-corrected chi connectivity index (χ1v) is 6.89. The van der Waals surface area contributed by atoms with Gasteiger partial charge in [-0.3, -0.25) is 4.79 Å². The number of hydrogen-bond donors (Lipinski definition) is 1. The molecule has 3 aromatic rings. The zero-order chi connectivity index (χ0) is 14.3. The zero-order valence-corrected chi connectivity index (χ0v) is 12.1. The number of phenolic OH excluding ortho intramolecular Hbond substituents is 1. The minimum Gasteiger partial charge on any atom is -0.506 e. The highest BCUT2D eigenvalue weighted by Gasteiger charge is 2.16. The third-order valence-electron chi connectivity index (χ3n) is 3.23. The number of hydrogen-bond acceptors (Lipinski definition) is 3. The number of rotatable bonds is 2. The van der Waals surface area contributed by atoms with E-state index < -0.39 is 0 Å². The fourth-order valence-electron chi connectivity index (χ4n) is 2.25. The molecule has 1 heterocycles.